The first kappa shape index (κ1) is 20.9. The second-order valence-corrected chi connectivity index (χ2v) is 8.56. The number of hydrogen-bond acceptors (Lipinski definition) is 5. The topological polar surface area (TPSA) is 77.2 Å². The molecule has 31 heavy (non-hydrogen) atoms. The molecule has 1 amide bonds. The summed E-state index contributed by atoms with van der Waals surface area (Å²) < 4.78 is 11.3. The van der Waals surface area contributed by atoms with Crippen molar-refractivity contribution in [3.8, 4) is 17.2 Å². The normalized spacial score (nSPS) is 11.5. The Kier molecular flexibility index (Phi) is 5.65. The zero-order valence-electron chi connectivity index (χ0n) is 17.5. The molecule has 158 valence electrons. The number of pyridine rings is 1. The van der Waals surface area contributed by atoms with Gasteiger partial charge in [0.1, 0.15) is 5.75 Å². The van der Waals surface area contributed by atoms with E-state index in [0.29, 0.717) is 39.1 Å². The summed E-state index contributed by atoms with van der Waals surface area (Å²) in [5.41, 5.74) is 3.45. The summed E-state index contributed by atoms with van der Waals surface area (Å²) >= 11 is 6.32. The van der Waals surface area contributed by atoms with Crippen molar-refractivity contribution in [2.24, 2.45) is 0 Å². The fourth-order valence-electron chi connectivity index (χ4n) is 3.05. The van der Waals surface area contributed by atoms with E-state index >= 15 is 0 Å². The maximum atomic E-state index is 12.4. The van der Waals surface area contributed by atoms with Gasteiger partial charge in [-0.25, -0.2) is 4.98 Å². The SMILES string of the molecule is CC(C)(C)c1ccc(OCC(=O)Nc2ccc(Cl)c(-c3nc4ncccc4o3)c2)cc1. The first-order chi connectivity index (χ1) is 14.8. The third-order valence-corrected chi connectivity index (χ3v) is 5.07. The monoisotopic (exact) mass is 435 g/mol. The number of fused-ring (bicyclic) bond motifs is 1. The van der Waals surface area contributed by atoms with Gasteiger partial charge in [0.25, 0.3) is 5.91 Å². The van der Waals surface area contributed by atoms with Crippen molar-refractivity contribution in [3.05, 3.63) is 71.4 Å². The lowest BCUT2D eigenvalue weighted by molar-refractivity contribution is -0.118. The second kappa shape index (κ2) is 8.40. The number of ether oxygens (including phenoxy) is 1. The predicted octanol–water partition coefficient (Wildman–Crippen LogP) is 5.86. The van der Waals surface area contributed by atoms with Crippen molar-refractivity contribution in [2.75, 3.05) is 11.9 Å². The lowest BCUT2D eigenvalue weighted by Gasteiger charge is -2.19. The van der Waals surface area contributed by atoms with Crippen LogP contribution in [0.3, 0.4) is 0 Å². The van der Waals surface area contributed by atoms with Crippen molar-refractivity contribution >= 4 is 34.4 Å². The van der Waals surface area contributed by atoms with Crippen LogP contribution < -0.4 is 10.1 Å². The molecule has 0 saturated carbocycles. The Morgan fingerprint density at radius 3 is 2.61 bits per heavy atom. The van der Waals surface area contributed by atoms with E-state index in [0.717, 1.165) is 0 Å². The number of nitrogens with zero attached hydrogens (tertiary/aromatic N) is 2. The van der Waals surface area contributed by atoms with Gasteiger partial charge in [-0.3, -0.25) is 4.79 Å². The summed E-state index contributed by atoms with van der Waals surface area (Å²) in [5.74, 6) is 0.691. The van der Waals surface area contributed by atoms with E-state index in [-0.39, 0.29) is 17.9 Å². The van der Waals surface area contributed by atoms with E-state index in [9.17, 15) is 4.79 Å². The van der Waals surface area contributed by atoms with Crippen molar-refractivity contribution in [1.82, 2.24) is 9.97 Å². The number of carbonyl (C=O) groups is 1. The van der Waals surface area contributed by atoms with Crippen LogP contribution in [0.2, 0.25) is 5.02 Å². The predicted molar refractivity (Wildman–Crippen MR) is 122 cm³/mol. The van der Waals surface area contributed by atoms with Gasteiger partial charge in [-0.15, -0.1) is 0 Å². The van der Waals surface area contributed by atoms with Gasteiger partial charge in [-0.05, 0) is 53.4 Å². The molecule has 4 rings (SSSR count). The molecule has 2 heterocycles. The van der Waals surface area contributed by atoms with Crippen LogP contribution in [-0.2, 0) is 10.2 Å². The van der Waals surface area contributed by atoms with Gasteiger partial charge in [-0.1, -0.05) is 44.5 Å². The van der Waals surface area contributed by atoms with Crippen molar-refractivity contribution < 1.29 is 13.9 Å². The first-order valence-corrected chi connectivity index (χ1v) is 10.2. The van der Waals surface area contributed by atoms with E-state index in [2.05, 4.69) is 36.1 Å². The number of amides is 1. The average Bonchev–Trinajstić information content (AvgIpc) is 3.17. The minimum atomic E-state index is -0.285. The van der Waals surface area contributed by atoms with Gasteiger partial charge in [0, 0.05) is 11.9 Å². The fraction of sp³-hybridized carbons (Fsp3) is 0.208. The first-order valence-electron chi connectivity index (χ1n) is 9.84. The summed E-state index contributed by atoms with van der Waals surface area (Å²) in [5, 5.41) is 3.27. The van der Waals surface area contributed by atoms with E-state index in [4.69, 9.17) is 20.8 Å². The Balaban J connectivity index is 1.43. The Bertz CT molecular complexity index is 1190. The highest BCUT2D eigenvalue weighted by atomic mass is 35.5. The molecule has 0 aliphatic rings. The summed E-state index contributed by atoms with van der Waals surface area (Å²) in [7, 11) is 0. The van der Waals surface area contributed by atoms with Crippen LogP contribution in [-0.4, -0.2) is 22.5 Å². The summed E-state index contributed by atoms with van der Waals surface area (Å²) in [6.07, 6.45) is 1.64. The number of halogens is 1. The minimum absolute atomic E-state index is 0.0625. The molecule has 2 aromatic heterocycles. The van der Waals surface area contributed by atoms with E-state index < -0.39 is 0 Å². The fourth-order valence-corrected chi connectivity index (χ4v) is 3.25. The molecular weight excluding hydrogens is 414 g/mol. The minimum Gasteiger partial charge on any atom is -0.484 e. The molecule has 0 spiro atoms. The van der Waals surface area contributed by atoms with E-state index in [1.54, 1.807) is 36.5 Å². The average molecular weight is 436 g/mol. The molecule has 4 aromatic rings. The van der Waals surface area contributed by atoms with Crippen LogP contribution in [0, 0.1) is 0 Å². The molecule has 0 radical (unpaired) electrons. The van der Waals surface area contributed by atoms with Crippen molar-refractivity contribution in [2.45, 2.75) is 26.2 Å². The Hall–Kier alpha value is -3.38. The summed E-state index contributed by atoms with van der Waals surface area (Å²) in [6, 6.07) is 16.4. The number of carbonyl (C=O) groups excluding carboxylic acids is 1. The van der Waals surface area contributed by atoms with Gasteiger partial charge in [0.05, 0.1) is 10.6 Å². The molecule has 0 fully saturated rings. The number of aromatic nitrogens is 2. The summed E-state index contributed by atoms with van der Waals surface area (Å²) in [4.78, 5) is 20.9. The maximum Gasteiger partial charge on any atom is 0.262 e. The van der Waals surface area contributed by atoms with Gasteiger partial charge in [0.15, 0.2) is 17.8 Å². The quantitative estimate of drug-likeness (QED) is 0.425. The highest BCUT2D eigenvalue weighted by Gasteiger charge is 2.15. The molecule has 6 nitrogen and oxygen atoms in total. The lowest BCUT2D eigenvalue weighted by atomic mass is 9.87. The van der Waals surface area contributed by atoms with Crippen LogP contribution in [0.5, 0.6) is 5.75 Å². The Morgan fingerprint density at radius 1 is 1.13 bits per heavy atom. The molecule has 0 atom stereocenters. The third-order valence-electron chi connectivity index (χ3n) is 4.74. The molecule has 0 bridgehead atoms. The number of benzene rings is 2. The van der Waals surface area contributed by atoms with E-state index in [1.807, 2.05) is 24.3 Å². The summed E-state index contributed by atoms with van der Waals surface area (Å²) in [6.45, 7) is 6.33. The van der Waals surface area contributed by atoms with Gasteiger partial charge in [0.2, 0.25) is 5.89 Å². The number of anilines is 1. The highest BCUT2D eigenvalue weighted by Crippen LogP contribution is 2.32. The van der Waals surface area contributed by atoms with Crippen LogP contribution in [0.25, 0.3) is 22.7 Å². The number of oxazole rings is 1. The van der Waals surface area contributed by atoms with Crippen LogP contribution in [0.4, 0.5) is 5.69 Å². The third kappa shape index (κ3) is 4.86. The van der Waals surface area contributed by atoms with Crippen molar-refractivity contribution in [3.63, 3.8) is 0 Å². The molecule has 0 aliphatic carbocycles. The second-order valence-electron chi connectivity index (χ2n) is 8.15. The van der Waals surface area contributed by atoms with Gasteiger partial charge >= 0.3 is 0 Å². The Labute approximate surface area is 185 Å². The molecule has 1 N–H and O–H groups in total. The smallest absolute Gasteiger partial charge is 0.262 e. The molecule has 0 aliphatic heterocycles. The molecule has 0 unspecified atom stereocenters. The molecule has 7 heteroatoms. The number of nitrogens with one attached hydrogen (secondary N) is 1. The molecular formula is C24H22ClN3O3. The maximum absolute atomic E-state index is 12.4. The Morgan fingerprint density at radius 2 is 1.90 bits per heavy atom. The molecule has 0 saturated heterocycles. The standard InChI is InChI=1S/C24H22ClN3O3/c1-24(2,3)15-6-9-17(10-7-15)30-14-21(29)27-16-8-11-19(25)18(13-16)23-28-22-20(31-23)5-4-12-26-22/h4-13H,14H2,1-3H3,(H,27,29). The van der Waals surface area contributed by atoms with Crippen molar-refractivity contribution in [1.29, 1.82) is 0 Å². The zero-order chi connectivity index (χ0) is 22.0. The molecule has 2 aromatic carbocycles. The lowest BCUT2D eigenvalue weighted by Crippen LogP contribution is -2.20. The zero-order valence-corrected chi connectivity index (χ0v) is 18.2. The van der Waals surface area contributed by atoms with Crippen LogP contribution in [0.15, 0.2) is 65.2 Å². The van der Waals surface area contributed by atoms with E-state index in [1.165, 1.54) is 5.56 Å². The van der Waals surface area contributed by atoms with Gasteiger partial charge < -0.3 is 14.5 Å². The van der Waals surface area contributed by atoms with Crippen LogP contribution in [0.1, 0.15) is 26.3 Å². The van der Waals surface area contributed by atoms with Gasteiger partial charge in [-0.2, -0.15) is 4.98 Å². The highest BCUT2D eigenvalue weighted by molar-refractivity contribution is 6.33. The largest absolute Gasteiger partial charge is 0.484 e. The van der Waals surface area contributed by atoms with Crippen LogP contribution >= 0.6 is 11.6 Å². The number of hydrogen-bond donors (Lipinski definition) is 1. The number of rotatable bonds is 5.